The summed E-state index contributed by atoms with van der Waals surface area (Å²) in [6.45, 7) is -0.0393. The predicted octanol–water partition coefficient (Wildman–Crippen LogP) is 3.48. The Morgan fingerprint density at radius 3 is 2.67 bits per heavy atom. The lowest BCUT2D eigenvalue weighted by Gasteiger charge is -2.07. The van der Waals surface area contributed by atoms with Gasteiger partial charge in [-0.2, -0.15) is 5.26 Å². The van der Waals surface area contributed by atoms with Gasteiger partial charge in [0.05, 0.1) is 6.54 Å². The van der Waals surface area contributed by atoms with Crippen LogP contribution >= 0.6 is 11.6 Å². The number of nitrogens with one attached hydrogen (secondary N) is 1. The third-order valence-corrected chi connectivity index (χ3v) is 2.92. The lowest BCUT2D eigenvalue weighted by molar-refractivity contribution is 0.525. The summed E-state index contributed by atoms with van der Waals surface area (Å²) in [4.78, 5) is 4.04. The molecule has 0 spiro atoms. The van der Waals surface area contributed by atoms with E-state index in [0.717, 1.165) is 0 Å². The van der Waals surface area contributed by atoms with Crippen LogP contribution in [0, 0.1) is 17.3 Å². The molecule has 2 rings (SSSR count). The van der Waals surface area contributed by atoms with Gasteiger partial charge < -0.3 is 4.74 Å². The van der Waals surface area contributed by atoms with Crippen LogP contribution in [0.2, 0.25) is 5.02 Å². The molecule has 0 aromatic heterocycles. The molecule has 6 heteroatoms. The first-order valence-electron chi connectivity index (χ1n) is 6.06. The number of aliphatic imine (C=N–C) groups is 1. The van der Waals surface area contributed by atoms with Crippen LogP contribution in [0.1, 0.15) is 5.56 Å². The number of hydrogen-bond donors (Lipinski definition) is 1. The Kier molecular flexibility index (Phi) is 5.13. The van der Waals surface area contributed by atoms with Crippen molar-refractivity contribution in [3.63, 3.8) is 0 Å². The van der Waals surface area contributed by atoms with E-state index in [4.69, 9.17) is 21.6 Å². The summed E-state index contributed by atoms with van der Waals surface area (Å²) < 4.78 is 19.0. The second-order valence-corrected chi connectivity index (χ2v) is 4.38. The van der Waals surface area contributed by atoms with Gasteiger partial charge in [-0.3, -0.25) is 0 Å². The molecule has 0 unspecified atom stereocenters. The van der Waals surface area contributed by atoms with Gasteiger partial charge in [0, 0.05) is 10.6 Å². The van der Waals surface area contributed by atoms with E-state index in [9.17, 15) is 4.39 Å². The summed E-state index contributed by atoms with van der Waals surface area (Å²) in [5.74, 6) is 0.0564. The average molecular weight is 304 g/mol. The van der Waals surface area contributed by atoms with Gasteiger partial charge in [0.1, 0.15) is 11.6 Å². The highest BCUT2D eigenvalue weighted by Gasteiger charge is 2.08. The summed E-state index contributed by atoms with van der Waals surface area (Å²) >= 11 is 5.91. The van der Waals surface area contributed by atoms with Crippen molar-refractivity contribution in [3.8, 4) is 11.9 Å². The number of nitrogens with zero attached hydrogens (tertiary/aromatic N) is 2. The van der Waals surface area contributed by atoms with Crippen molar-refractivity contribution in [1.29, 1.82) is 5.26 Å². The molecule has 0 aliphatic carbocycles. The Balaban J connectivity index is 2.17. The number of hydrogen-bond acceptors (Lipinski definition) is 3. The van der Waals surface area contributed by atoms with Crippen molar-refractivity contribution in [1.82, 2.24) is 5.32 Å². The van der Waals surface area contributed by atoms with E-state index < -0.39 is 5.82 Å². The third kappa shape index (κ3) is 4.20. The number of amidine groups is 1. The van der Waals surface area contributed by atoms with Gasteiger partial charge in [-0.05, 0) is 24.3 Å². The van der Waals surface area contributed by atoms with Gasteiger partial charge >= 0.3 is 6.02 Å². The number of nitriles is 1. The molecule has 106 valence electrons. The zero-order valence-electron chi connectivity index (χ0n) is 10.9. The summed E-state index contributed by atoms with van der Waals surface area (Å²) in [6.07, 6.45) is 1.72. The summed E-state index contributed by atoms with van der Waals surface area (Å²) in [5.41, 5.74) is 0.244. The molecule has 0 atom stereocenters. The van der Waals surface area contributed by atoms with Crippen LogP contribution < -0.4 is 10.1 Å². The first-order valence-corrected chi connectivity index (χ1v) is 6.44. The van der Waals surface area contributed by atoms with Crippen molar-refractivity contribution in [2.24, 2.45) is 4.99 Å². The lowest BCUT2D eigenvalue weighted by atomic mass is 10.2. The zero-order valence-corrected chi connectivity index (χ0v) is 11.6. The second-order valence-electron chi connectivity index (χ2n) is 3.97. The molecule has 0 saturated heterocycles. The summed E-state index contributed by atoms with van der Waals surface area (Å²) in [5, 5.41) is 11.3. The highest BCUT2D eigenvalue weighted by atomic mass is 35.5. The smallest absolute Gasteiger partial charge is 0.304 e. The largest absolute Gasteiger partial charge is 0.425 e. The van der Waals surface area contributed by atoms with Crippen LogP contribution in [-0.2, 0) is 6.54 Å². The third-order valence-electron chi connectivity index (χ3n) is 2.56. The van der Waals surface area contributed by atoms with Crippen molar-refractivity contribution in [3.05, 3.63) is 64.9 Å². The second kappa shape index (κ2) is 7.27. The minimum atomic E-state index is -0.456. The molecule has 2 aromatic rings. The van der Waals surface area contributed by atoms with Crippen LogP contribution in [0.5, 0.6) is 5.75 Å². The molecule has 4 nitrogen and oxygen atoms in total. The fourth-order valence-corrected chi connectivity index (χ4v) is 1.80. The molecule has 1 N–H and O–H groups in total. The fourth-order valence-electron chi connectivity index (χ4n) is 1.58. The van der Waals surface area contributed by atoms with Crippen LogP contribution in [0.4, 0.5) is 4.39 Å². The molecule has 0 bridgehead atoms. The van der Waals surface area contributed by atoms with Crippen molar-refractivity contribution in [2.45, 2.75) is 6.54 Å². The number of rotatable bonds is 3. The Morgan fingerprint density at radius 2 is 2.00 bits per heavy atom. The van der Waals surface area contributed by atoms with Gasteiger partial charge in [-0.15, -0.1) is 0 Å². The maximum absolute atomic E-state index is 13.6. The topological polar surface area (TPSA) is 57.4 Å². The van der Waals surface area contributed by atoms with Crippen molar-refractivity contribution in [2.75, 3.05) is 0 Å². The fraction of sp³-hybridized carbons (Fsp3) is 0.0667. The Hall–Kier alpha value is -2.58. The standard InChI is InChI=1S/C15H11ClFN3O/c16-13-7-4-8-14(17)12(13)9-19-15(20-10-18)21-11-5-2-1-3-6-11/h1-8H,9H2,(H,19,20). The van der Waals surface area contributed by atoms with Crippen molar-refractivity contribution < 1.29 is 9.13 Å². The van der Waals surface area contributed by atoms with E-state index in [1.54, 1.807) is 36.5 Å². The van der Waals surface area contributed by atoms with E-state index >= 15 is 0 Å². The average Bonchev–Trinajstić information content (AvgIpc) is 2.48. The van der Waals surface area contributed by atoms with Gasteiger partial charge in [0.15, 0.2) is 6.19 Å². The van der Waals surface area contributed by atoms with Gasteiger partial charge in [0.25, 0.3) is 0 Å². The number of halogens is 2. The molecule has 0 amide bonds. The number of benzene rings is 2. The zero-order chi connectivity index (χ0) is 15.1. The summed E-state index contributed by atoms with van der Waals surface area (Å²) in [6, 6.07) is 13.2. The van der Waals surface area contributed by atoms with E-state index in [2.05, 4.69) is 10.3 Å². The molecule has 0 heterocycles. The Morgan fingerprint density at radius 1 is 1.24 bits per heavy atom. The highest BCUT2D eigenvalue weighted by Crippen LogP contribution is 2.19. The number of ether oxygens (including phenoxy) is 1. The monoisotopic (exact) mass is 303 g/mol. The highest BCUT2D eigenvalue weighted by molar-refractivity contribution is 6.31. The van der Waals surface area contributed by atoms with Gasteiger partial charge in [-0.25, -0.2) is 14.7 Å². The summed E-state index contributed by atoms with van der Waals surface area (Å²) in [7, 11) is 0. The molecule has 21 heavy (non-hydrogen) atoms. The Labute approximate surface area is 126 Å². The quantitative estimate of drug-likeness (QED) is 0.409. The first kappa shape index (κ1) is 14.8. The van der Waals surface area contributed by atoms with E-state index in [1.165, 1.54) is 12.1 Å². The van der Waals surface area contributed by atoms with Crippen LogP contribution in [0.15, 0.2) is 53.5 Å². The Bertz CT molecular complexity index is 663. The van der Waals surface area contributed by atoms with Crippen LogP contribution in [0.3, 0.4) is 0 Å². The molecule has 2 aromatic carbocycles. The lowest BCUT2D eigenvalue weighted by Crippen LogP contribution is -2.24. The maximum atomic E-state index is 13.6. The van der Waals surface area contributed by atoms with E-state index in [-0.39, 0.29) is 23.2 Å². The molecule has 0 saturated carbocycles. The van der Waals surface area contributed by atoms with E-state index in [0.29, 0.717) is 5.75 Å². The first-order chi connectivity index (χ1) is 10.2. The van der Waals surface area contributed by atoms with Crippen molar-refractivity contribution >= 4 is 17.6 Å². The molecule has 0 aliphatic heterocycles. The van der Waals surface area contributed by atoms with Gasteiger partial charge in [-0.1, -0.05) is 35.9 Å². The van der Waals surface area contributed by atoms with E-state index in [1.807, 2.05) is 6.07 Å². The number of para-hydroxylation sites is 1. The van der Waals surface area contributed by atoms with Gasteiger partial charge in [0.2, 0.25) is 0 Å². The molecule has 0 fully saturated rings. The normalized spacial score (nSPS) is 10.8. The maximum Gasteiger partial charge on any atom is 0.304 e. The minimum Gasteiger partial charge on any atom is -0.425 e. The molecular formula is C15H11ClFN3O. The predicted molar refractivity (Wildman–Crippen MR) is 78.4 cm³/mol. The molecule has 0 aliphatic rings. The SMILES string of the molecule is N#CNC(=NCc1c(F)cccc1Cl)Oc1ccccc1. The molecule has 0 radical (unpaired) electrons. The van der Waals surface area contributed by atoms with Crippen LogP contribution in [-0.4, -0.2) is 6.02 Å². The molecular weight excluding hydrogens is 293 g/mol. The minimum absolute atomic E-state index is 0.0250. The van der Waals surface area contributed by atoms with Crippen LogP contribution in [0.25, 0.3) is 0 Å².